The lowest BCUT2D eigenvalue weighted by atomic mass is 10.1. The molecule has 0 bridgehead atoms. The molecule has 0 amide bonds. The van der Waals surface area contributed by atoms with Gasteiger partial charge in [-0.25, -0.2) is 8.42 Å². The van der Waals surface area contributed by atoms with Gasteiger partial charge in [-0.05, 0) is 26.0 Å². The number of para-hydroxylation sites is 1. The van der Waals surface area contributed by atoms with E-state index in [4.69, 9.17) is 10.5 Å². The van der Waals surface area contributed by atoms with Gasteiger partial charge in [0.1, 0.15) is 17.3 Å². The van der Waals surface area contributed by atoms with Gasteiger partial charge in [-0.15, -0.1) is 0 Å². The molecule has 17 heavy (non-hydrogen) atoms. The topological polar surface area (TPSA) is 69.4 Å². The van der Waals surface area contributed by atoms with E-state index in [-0.39, 0.29) is 17.3 Å². The molecule has 0 aliphatic carbocycles. The standard InChI is InChI=1S/C12H19NO3S/c1-4-17(14,15)11-8-6-5-7-10(11)16-9-12(2,3)13/h5-8H,4,9,13H2,1-3H3. The van der Waals surface area contributed by atoms with Crippen LogP contribution >= 0.6 is 0 Å². The van der Waals surface area contributed by atoms with E-state index >= 15 is 0 Å². The molecule has 1 aromatic carbocycles. The zero-order valence-electron chi connectivity index (χ0n) is 10.4. The molecule has 1 aromatic rings. The highest BCUT2D eigenvalue weighted by atomic mass is 32.2. The van der Waals surface area contributed by atoms with Crippen LogP contribution in [0.15, 0.2) is 29.2 Å². The Morgan fingerprint density at radius 2 is 1.88 bits per heavy atom. The molecule has 0 radical (unpaired) electrons. The van der Waals surface area contributed by atoms with Crippen molar-refractivity contribution in [1.82, 2.24) is 0 Å². The Hall–Kier alpha value is -1.07. The van der Waals surface area contributed by atoms with Crippen LogP contribution in [0.3, 0.4) is 0 Å². The molecule has 0 heterocycles. The predicted molar refractivity (Wildman–Crippen MR) is 67.9 cm³/mol. The van der Waals surface area contributed by atoms with Gasteiger partial charge in [0.2, 0.25) is 0 Å². The molecule has 0 aliphatic rings. The fraction of sp³-hybridized carbons (Fsp3) is 0.500. The third kappa shape index (κ3) is 4.02. The van der Waals surface area contributed by atoms with Crippen molar-refractivity contribution >= 4 is 9.84 Å². The molecule has 0 saturated heterocycles. The Balaban J connectivity index is 3.02. The summed E-state index contributed by atoms with van der Waals surface area (Å²) < 4.78 is 29.2. The average molecular weight is 257 g/mol. The van der Waals surface area contributed by atoms with Crippen LogP contribution in [-0.4, -0.2) is 26.3 Å². The summed E-state index contributed by atoms with van der Waals surface area (Å²) in [6.45, 7) is 5.52. The van der Waals surface area contributed by atoms with Gasteiger partial charge in [-0.2, -0.15) is 0 Å². The number of sulfone groups is 1. The average Bonchev–Trinajstić information content (AvgIpc) is 2.26. The number of rotatable bonds is 5. The van der Waals surface area contributed by atoms with Gasteiger partial charge in [-0.3, -0.25) is 0 Å². The maximum Gasteiger partial charge on any atom is 0.181 e. The molecule has 2 N–H and O–H groups in total. The molecule has 0 aromatic heterocycles. The highest BCUT2D eigenvalue weighted by molar-refractivity contribution is 7.91. The van der Waals surface area contributed by atoms with Crippen LogP contribution in [0.2, 0.25) is 0 Å². The maximum absolute atomic E-state index is 11.8. The molecule has 0 atom stereocenters. The first kappa shape index (κ1) is 14.0. The first-order valence-corrected chi connectivity index (χ1v) is 7.15. The van der Waals surface area contributed by atoms with E-state index in [0.29, 0.717) is 5.75 Å². The summed E-state index contributed by atoms with van der Waals surface area (Å²) in [4.78, 5) is 0.228. The molecule has 5 heteroatoms. The fourth-order valence-corrected chi connectivity index (χ4v) is 2.28. The van der Waals surface area contributed by atoms with Gasteiger partial charge >= 0.3 is 0 Å². The minimum atomic E-state index is -3.26. The SMILES string of the molecule is CCS(=O)(=O)c1ccccc1OCC(C)(C)N. The number of benzene rings is 1. The van der Waals surface area contributed by atoms with Crippen LogP contribution in [0.1, 0.15) is 20.8 Å². The molecule has 0 spiro atoms. The Kier molecular flexibility index (Phi) is 4.16. The van der Waals surface area contributed by atoms with Crippen molar-refractivity contribution in [3.63, 3.8) is 0 Å². The van der Waals surface area contributed by atoms with Crippen LogP contribution in [0.25, 0.3) is 0 Å². The normalized spacial score (nSPS) is 12.5. The van der Waals surface area contributed by atoms with Gasteiger partial charge in [0.05, 0.1) is 5.75 Å². The van der Waals surface area contributed by atoms with E-state index < -0.39 is 15.4 Å². The van der Waals surface area contributed by atoms with Crippen molar-refractivity contribution in [2.24, 2.45) is 5.73 Å². The van der Waals surface area contributed by atoms with Gasteiger partial charge < -0.3 is 10.5 Å². The van der Waals surface area contributed by atoms with Crippen molar-refractivity contribution in [3.05, 3.63) is 24.3 Å². The van der Waals surface area contributed by atoms with Crippen LogP contribution in [0, 0.1) is 0 Å². The quantitative estimate of drug-likeness (QED) is 0.869. The zero-order chi connectivity index (χ0) is 13.1. The van der Waals surface area contributed by atoms with Crippen molar-refractivity contribution < 1.29 is 13.2 Å². The predicted octanol–water partition coefficient (Wildman–Crippen LogP) is 1.60. The van der Waals surface area contributed by atoms with E-state index in [0.717, 1.165) is 0 Å². The second-order valence-electron chi connectivity index (χ2n) is 4.63. The third-order valence-corrected chi connectivity index (χ3v) is 3.93. The summed E-state index contributed by atoms with van der Waals surface area (Å²) >= 11 is 0. The first-order chi connectivity index (χ1) is 7.76. The van der Waals surface area contributed by atoms with Crippen molar-refractivity contribution in [2.45, 2.75) is 31.2 Å². The van der Waals surface area contributed by atoms with Crippen LogP contribution in [0.4, 0.5) is 0 Å². The van der Waals surface area contributed by atoms with Crippen LogP contribution in [0.5, 0.6) is 5.75 Å². The highest BCUT2D eigenvalue weighted by Gasteiger charge is 2.19. The third-order valence-electron chi connectivity index (χ3n) is 2.16. The lowest BCUT2D eigenvalue weighted by Crippen LogP contribution is -2.38. The van der Waals surface area contributed by atoms with E-state index in [1.54, 1.807) is 31.2 Å². The second-order valence-corrected chi connectivity index (χ2v) is 6.87. The van der Waals surface area contributed by atoms with E-state index in [1.165, 1.54) is 0 Å². The Morgan fingerprint density at radius 3 is 2.41 bits per heavy atom. The van der Waals surface area contributed by atoms with E-state index in [1.807, 2.05) is 13.8 Å². The molecule has 0 unspecified atom stereocenters. The largest absolute Gasteiger partial charge is 0.490 e. The summed E-state index contributed by atoms with van der Waals surface area (Å²) in [5, 5.41) is 0. The molecular formula is C12H19NO3S. The van der Waals surface area contributed by atoms with E-state index in [2.05, 4.69) is 0 Å². The lowest BCUT2D eigenvalue weighted by molar-refractivity contribution is 0.238. The fourth-order valence-electron chi connectivity index (χ4n) is 1.25. The number of hydrogen-bond acceptors (Lipinski definition) is 4. The Bertz CT molecular complexity index is 475. The number of hydrogen-bond donors (Lipinski definition) is 1. The van der Waals surface area contributed by atoms with Crippen LogP contribution < -0.4 is 10.5 Å². The van der Waals surface area contributed by atoms with E-state index in [9.17, 15) is 8.42 Å². The summed E-state index contributed by atoms with van der Waals surface area (Å²) in [7, 11) is -3.26. The van der Waals surface area contributed by atoms with Crippen molar-refractivity contribution in [1.29, 1.82) is 0 Å². The molecule has 96 valence electrons. The highest BCUT2D eigenvalue weighted by Crippen LogP contribution is 2.24. The minimum Gasteiger partial charge on any atom is -0.490 e. The van der Waals surface area contributed by atoms with Gasteiger partial charge in [-0.1, -0.05) is 19.1 Å². The summed E-state index contributed by atoms with van der Waals surface area (Å²) in [6.07, 6.45) is 0. The Labute approximate surface area is 103 Å². The molecule has 0 fully saturated rings. The van der Waals surface area contributed by atoms with Crippen molar-refractivity contribution in [2.75, 3.05) is 12.4 Å². The molecule has 1 rings (SSSR count). The first-order valence-electron chi connectivity index (χ1n) is 5.50. The van der Waals surface area contributed by atoms with Gasteiger partial charge in [0.25, 0.3) is 0 Å². The lowest BCUT2D eigenvalue weighted by Gasteiger charge is -2.20. The Morgan fingerprint density at radius 1 is 1.29 bits per heavy atom. The number of ether oxygens (including phenoxy) is 1. The van der Waals surface area contributed by atoms with Crippen molar-refractivity contribution in [3.8, 4) is 5.75 Å². The minimum absolute atomic E-state index is 0.0550. The van der Waals surface area contributed by atoms with Gasteiger partial charge in [0, 0.05) is 5.54 Å². The molecular weight excluding hydrogens is 238 g/mol. The maximum atomic E-state index is 11.8. The summed E-state index contributed by atoms with van der Waals surface area (Å²) in [5.41, 5.74) is 5.30. The monoisotopic (exact) mass is 257 g/mol. The molecule has 0 aliphatic heterocycles. The van der Waals surface area contributed by atoms with Crippen LogP contribution in [-0.2, 0) is 9.84 Å². The summed E-state index contributed by atoms with van der Waals surface area (Å²) in [6, 6.07) is 6.63. The smallest absolute Gasteiger partial charge is 0.181 e. The number of nitrogens with two attached hydrogens (primary N) is 1. The second kappa shape index (κ2) is 5.06. The summed E-state index contributed by atoms with van der Waals surface area (Å²) in [5.74, 6) is 0.423. The molecule has 4 nitrogen and oxygen atoms in total. The van der Waals surface area contributed by atoms with Gasteiger partial charge in [0.15, 0.2) is 9.84 Å². The molecule has 0 saturated carbocycles. The zero-order valence-corrected chi connectivity index (χ0v) is 11.3.